The van der Waals surface area contributed by atoms with Gasteiger partial charge in [-0.1, -0.05) is 6.58 Å². The predicted molar refractivity (Wildman–Crippen MR) is 158 cm³/mol. The van der Waals surface area contributed by atoms with Crippen molar-refractivity contribution in [3.63, 3.8) is 0 Å². The number of benzene rings is 2. The van der Waals surface area contributed by atoms with Gasteiger partial charge in [-0.3, -0.25) is 9.79 Å². The largest absolute Gasteiger partial charge is 0.495 e. The molecule has 1 aliphatic heterocycles. The average molecular weight is 616 g/mol. The molecular formula is C31H33F4N5O4. The minimum atomic E-state index is -5.29. The fraction of sp³-hybridized carbons (Fsp3) is 0.323. The molecule has 0 saturated heterocycles. The van der Waals surface area contributed by atoms with E-state index in [4.69, 9.17) is 15.2 Å². The molecule has 2 atom stereocenters. The van der Waals surface area contributed by atoms with Gasteiger partial charge in [0.15, 0.2) is 5.75 Å². The third kappa shape index (κ3) is 5.66. The van der Waals surface area contributed by atoms with Gasteiger partial charge in [0.05, 0.1) is 30.6 Å². The molecule has 2 heterocycles. The Kier molecular flexibility index (Phi) is 8.91. The third-order valence-electron chi connectivity index (χ3n) is 7.69. The van der Waals surface area contributed by atoms with Gasteiger partial charge in [0.25, 0.3) is 5.91 Å². The van der Waals surface area contributed by atoms with Crippen LogP contribution >= 0.6 is 0 Å². The SMILES string of the molecule is C=CN(CC)[C@@]1(C)COc2c1cc(C(O)(CNC(=O)c1cc(C=NC)c(N)c(OC)c1)C(F)(F)F)nc2-c1ccc(F)cc1. The fourth-order valence-electron chi connectivity index (χ4n) is 5.14. The molecule has 1 unspecified atom stereocenters. The van der Waals surface area contributed by atoms with Crippen LogP contribution in [-0.2, 0) is 11.1 Å². The summed E-state index contributed by atoms with van der Waals surface area (Å²) in [7, 11) is 2.81. The van der Waals surface area contributed by atoms with Crippen LogP contribution in [0.25, 0.3) is 11.3 Å². The van der Waals surface area contributed by atoms with Crippen LogP contribution in [0.2, 0.25) is 0 Å². The number of amides is 1. The zero-order valence-corrected chi connectivity index (χ0v) is 24.6. The zero-order chi connectivity index (χ0) is 32.4. The number of nitrogens with two attached hydrogens (primary N) is 1. The number of pyridine rings is 1. The second kappa shape index (κ2) is 12.2. The lowest BCUT2D eigenvalue weighted by Gasteiger charge is -2.37. The first kappa shape index (κ1) is 32.3. The van der Waals surface area contributed by atoms with E-state index in [2.05, 4.69) is 21.9 Å². The van der Waals surface area contributed by atoms with E-state index in [9.17, 15) is 27.5 Å². The summed E-state index contributed by atoms with van der Waals surface area (Å²) in [4.78, 5) is 23.0. The van der Waals surface area contributed by atoms with Gasteiger partial charge >= 0.3 is 6.18 Å². The van der Waals surface area contributed by atoms with E-state index in [-0.39, 0.29) is 40.6 Å². The normalized spacial score (nSPS) is 17.5. The van der Waals surface area contributed by atoms with E-state index in [1.165, 1.54) is 44.6 Å². The van der Waals surface area contributed by atoms with E-state index in [1.54, 1.807) is 18.0 Å². The monoisotopic (exact) mass is 615 g/mol. The summed E-state index contributed by atoms with van der Waals surface area (Å²) >= 11 is 0. The van der Waals surface area contributed by atoms with Crippen LogP contribution in [0.5, 0.6) is 11.5 Å². The molecule has 3 aromatic rings. The molecule has 0 bridgehead atoms. The van der Waals surface area contributed by atoms with Gasteiger partial charge in [-0.2, -0.15) is 13.2 Å². The lowest BCUT2D eigenvalue weighted by molar-refractivity contribution is -0.265. The number of nitrogens with zero attached hydrogens (tertiary/aromatic N) is 3. The number of likely N-dealkylation sites (N-methyl/N-ethyl adjacent to an activating group) is 1. The summed E-state index contributed by atoms with van der Waals surface area (Å²) in [6.45, 7) is 6.64. The number of alkyl halides is 3. The minimum absolute atomic E-state index is 0.0258. The molecule has 0 aliphatic carbocycles. The Morgan fingerprint density at radius 1 is 1.30 bits per heavy atom. The molecule has 44 heavy (non-hydrogen) atoms. The number of halogens is 4. The van der Waals surface area contributed by atoms with Gasteiger partial charge in [0, 0.05) is 42.1 Å². The number of hydrogen-bond donors (Lipinski definition) is 3. The van der Waals surface area contributed by atoms with Crippen LogP contribution < -0.4 is 20.5 Å². The smallest absolute Gasteiger partial charge is 0.424 e. The molecule has 4 N–H and O–H groups in total. The number of carbonyl (C=O) groups is 1. The van der Waals surface area contributed by atoms with Crippen molar-refractivity contribution in [1.29, 1.82) is 0 Å². The van der Waals surface area contributed by atoms with Gasteiger partial charge in [0.2, 0.25) is 5.60 Å². The molecule has 234 valence electrons. The standard InChI is InChI=1S/C31H33F4N5O4/c1-6-40(7-2)29(3)17-44-27-22(29)14-24(39-26(27)18-8-10-21(32)11-9-18)30(42,31(33,34)35)16-38-28(41)19-12-20(15-37-4)25(36)23(13-19)43-5/h6,8-15,42H,1,7,16-17,36H2,2-5H3,(H,38,41)/t29-,30?/m0/s1. The molecule has 13 heteroatoms. The maximum atomic E-state index is 14.8. The number of fused-ring (bicyclic) bond motifs is 1. The minimum Gasteiger partial charge on any atom is -0.495 e. The first-order valence-electron chi connectivity index (χ1n) is 13.5. The quantitative estimate of drug-likeness (QED) is 0.171. The number of carbonyl (C=O) groups excluding carboxylic acids is 1. The summed E-state index contributed by atoms with van der Waals surface area (Å²) in [5.41, 5.74) is 1.58. The number of ether oxygens (including phenoxy) is 2. The van der Waals surface area contributed by atoms with Crippen molar-refractivity contribution in [2.24, 2.45) is 4.99 Å². The highest BCUT2D eigenvalue weighted by Gasteiger charge is 2.57. The van der Waals surface area contributed by atoms with Crippen LogP contribution in [0, 0.1) is 5.82 Å². The highest BCUT2D eigenvalue weighted by atomic mass is 19.4. The number of aromatic nitrogens is 1. The second-order valence-corrected chi connectivity index (χ2v) is 10.4. The molecule has 9 nitrogen and oxygen atoms in total. The molecule has 1 aliphatic rings. The Labute approximate surface area is 252 Å². The van der Waals surface area contributed by atoms with Gasteiger partial charge in [-0.15, -0.1) is 0 Å². The summed E-state index contributed by atoms with van der Waals surface area (Å²) in [6, 6.07) is 8.72. The van der Waals surface area contributed by atoms with Gasteiger partial charge < -0.3 is 30.5 Å². The lowest BCUT2D eigenvalue weighted by Crippen LogP contribution is -2.52. The van der Waals surface area contributed by atoms with E-state index < -0.39 is 41.3 Å². The predicted octanol–water partition coefficient (Wildman–Crippen LogP) is 4.78. The lowest BCUT2D eigenvalue weighted by atomic mass is 9.87. The number of hydrogen-bond acceptors (Lipinski definition) is 8. The van der Waals surface area contributed by atoms with Crippen molar-refractivity contribution in [1.82, 2.24) is 15.2 Å². The average Bonchev–Trinajstić information content (AvgIpc) is 3.33. The van der Waals surface area contributed by atoms with Crippen molar-refractivity contribution in [3.8, 4) is 22.8 Å². The Balaban J connectivity index is 1.84. The number of anilines is 1. The Morgan fingerprint density at radius 3 is 2.55 bits per heavy atom. The topological polar surface area (TPSA) is 122 Å². The number of methoxy groups -OCH3 is 1. The Hall–Kier alpha value is -4.65. The second-order valence-electron chi connectivity index (χ2n) is 10.4. The van der Waals surface area contributed by atoms with Gasteiger partial charge in [-0.25, -0.2) is 9.37 Å². The fourth-order valence-corrected chi connectivity index (χ4v) is 5.14. The first-order chi connectivity index (χ1) is 20.7. The molecule has 0 radical (unpaired) electrons. The maximum Gasteiger partial charge on any atom is 0.424 e. The highest BCUT2D eigenvalue weighted by Crippen LogP contribution is 2.49. The van der Waals surface area contributed by atoms with E-state index in [0.717, 1.165) is 18.2 Å². The van der Waals surface area contributed by atoms with Crippen molar-refractivity contribution in [3.05, 3.63) is 83.4 Å². The molecule has 0 saturated carbocycles. The van der Waals surface area contributed by atoms with E-state index in [1.807, 2.05) is 6.92 Å². The van der Waals surface area contributed by atoms with E-state index >= 15 is 0 Å². The highest BCUT2D eigenvalue weighted by molar-refractivity contribution is 5.99. The molecular weight excluding hydrogens is 582 g/mol. The zero-order valence-electron chi connectivity index (χ0n) is 24.6. The number of aliphatic hydroxyl groups is 1. The summed E-state index contributed by atoms with van der Waals surface area (Å²) in [5, 5.41) is 13.6. The summed E-state index contributed by atoms with van der Waals surface area (Å²) in [5.74, 6) is -1.19. The molecule has 1 aromatic heterocycles. The van der Waals surface area contributed by atoms with Crippen molar-refractivity contribution in [2.45, 2.75) is 31.2 Å². The van der Waals surface area contributed by atoms with Crippen LogP contribution in [0.3, 0.4) is 0 Å². The number of aliphatic imine (C=N–C) groups is 1. The van der Waals surface area contributed by atoms with Crippen molar-refractivity contribution in [2.75, 3.05) is 39.6 Å². The first-order valence-corrected chi connectivity index (χ1v) is 13.5. The van der Waals surface area contributed by atoms with Crippen LogP contribution in [-0.4, -0.2) is 67.1 Å². The number of rotatable bonds is 10. The van der Waals surface area contributed by atoms with Gasteiger partial charge in [0.1, 0.15) is 23.9 Å². The Morgan fingerprint density at radius 2 is 1.98 bits per heavy atom. The molecule has 4 rings (SSSR count). The van der Waals surface area contributed by atoms with E-state index in [0.29, 0.717) is 17.7 Å². The maximum absolute atomic E-state index is 14.8. The summed E-state index contributed by atoms with van der Waals surface area (Å²) < 4.78 is 69.3. The van der Waals surface area contributed by atoms with Crippen LogP contribution in [0.1, 0.15) is 41.0 Å². The Bertz CT molecular complexity index is 1600. The molecule has 0 spiro atoms. The van der Waals surface area contributed by atoms with Gasteiger partial charge in [-0.05, 0) is 62.5 Å². The molecule has 0 fully saturated rings. The number of nitrogens with one attached hydrogen (secondary N) is 1. The molecule has 2 aromatic carbocycles. The van der Waals surface area contributed by atoms with Crippen molar-refractivity contribution < 1.29 is 36.9 Å². The van der Waals surface area contributed by atoms with Crippen LogP contribution in [0.15, 0.2) is 60.2 Å². The number of nitrogen functional groups attached to an aromatic ring is 1. The van der Waals surface area contributed by atoms with Crippen molar-refractivity contribution >= 4 is 17.8 Å². The molecule has 1 amide bonds. The summed E-state index contributed by atoms with van der Waals surface area (Å²) in [6.07, 6.45) is -2.38. The third-order valence-corrected chi connectivity index (χ3v) is 7.69. The van der Waals surface area contributed by atoms with Crippen LogP contribution in [0.4, 0.5) is 23.2 Å².